The monoisotopic (exact) mass is 124 g/mol. The van der Waals surface area contributed by atoms with Gasteiger partial charge in [-0.1, -0.05) is 0 Å². The Hall–Kier alpha value is -0.920. The van der Waals surface area contributed by atoms with Crippen LogP contribution in [0.3, 0.4) is 0 Å². The fraction of sp³-hybridized carbons (Fsp3) is 0.429. The number of rotatable bonds is 2. The number of hydrogen-bond donors (Lipinski definition) is 0. The van der Waals surface area contributed by atoms with Crippen LogP contribution in [0.5, 0.6) is 0 Å². The Morgan fingerprint density at radius 2 is 1.89 bits per heavy atom. The summed E-state index contributed by atoms with van der Waals surface area (Å²) in [5.41, 5.74) is 1.81. The summed E-state index contributed by atoms with van der Waals surface area (Å²) in [5.74, 6) is 0. The number of hydrogen-bond acceptors (Lipinski definition) is 2. The van der Waals surface area contributed by atoms with Crippen LogP contribution in [0.15, 0.2) is 21.4 Å². The summed E-state index contributed by atoms with van der Waals surface area (Å²) >= 11 is 0. The maximum absolute atomic E-state index is 4.02. The molecule has 0 fully saturated rings. The van der Waals surface area contributed by atoms with Crippen LogP contribution in [-0.4, -0.2) is 12.9 Å². The van der Waals surface area contributed by atoms with Crippen molar-refractivity contribution in [3.63, 3.8) is 0 Å². The molecule has 0 aromatic heterocycles. The SMILES string of the molecule is C=N/C(C)=C(/C)N=CC. The summed E-state index contributed by atoms with van der Waals surface area (Å²) in [4.78, 5) is 7.74. The average molecular weight is 124 g/mol. The van der Waals surface area contributed by atoms with Crippen LogP contribution in [0.1, 0.15) is 20.8 Å². The lowest BCUT2D eigenvalue weighted by molar-refractivity contribution is 1.17. The third-order valence-electron chi connectivity index (χ3n) is 1.08. The van der Waals surface area contributed by atoms with Crippen molar-refractivity contribution in [2.24, 2.45) is 9.98 Å². The van der Waals surface area contributed by atoms with Crippen LogP contribution in [0.4, 0.5) is 0 Å². The maximum atomic E-state index is 4.02. The second kappa shape index (κ2) is 4.01. The van der Waals surface area contributed by atoms with Gasteiger partial charge < -0.3 is 0 Å². The first kappa shape index (κ1) is 8.08. The van der Waals surface area contributed by atoms with Gasteiger partial charge in [0.2, 0.25) is 0 Å². The smallest absolute Gasteiger partial charge is 0.0579 e. The molecule has 0 rings (SSSR count). The van der Waals surface area contributed by atoms with Crippen molar-refractivity contribution in [2.75, 3.05) is 0 Å². The molecule has 0 aliphatic heterocycles. The van der Waals surface area contributed by atoms with Crippen LogP contribution >= 0.6 is 0 Å². The Kier molecular flexibility index (Phi) is 3.60. The molecule has 0 spiro atoms. The average Bonchev–Trinajstić information content (AvgIpc) is 1.87. The zero-order valence-electron chi connectivity index (χ0n) is 6.18. The van der Waals surface area contributed by atoms with E-state index in [-0.39, 0.29) is 0 Å². The molecule has 0 aromatic rings. The van der Waals surface area contributed by atoms with Crippen molar-refractivity contribution < 1.29 is 0 Å². The molecule has 2 nitrogen and oxygen atoms in total. The van der Waals surface area contributed by atoms with Crippen molar-refractivity contribution in [3.8, 4) is 0 Å². The first-order chi connectivity index (χ1) is 4.22. The minimum absolute atomic E-state index is 0.883. The molecular weight excluding hydrogens is 112 g/mol. The van der Waals surface area contributed by atoms with Crippen LogP contribution < -0.4 is 0 Å². The van der Waals surface area contributed by atoms with Gasteiger partial charge in [0.05, 0.1) is 11.4 Å². The van der Waals surface area contributed by atoms with Crippen LogP contribution in [0.2, 0.25) is 0 Å². The van der Waals surface area contributed by atoms with Crippen molar-refractivity contribution in [1.82, 2.24) is 0 Å². The molecule has 0 bridgehead atoms. The standard InChI is InChI=1S/C7H12N2/c1-5-9-7(3)6(2)8-4/h5H,4H2,1-3H3/b7-6-,9-5?. The van der Waals surface area contributed by atoms with Crippen molar-refractivity contribution in [1.29, 1.82) is 0 Å². The fourth-order valence-corrected chi connectivity index (χ4v) is 0.401. The fourth-order valence-electron chi connectivity index (χ4n) is 0.401. The van der Waals surface area contributed by atoms with Crippen LogP contribution in [-0.2, 0) is 0 Å². The highest BCUT2D eigenvalue weighted by atomic mass is 14.8. The lowest BCUT2D eigenvalue weighted by Crippen LogP contribution is -1.75. The molecular formula is C7H12N2. The van der Waals surface area contributed by atoms with Gasteiger partial charge >= 0.3 is 0 Å². The van der Waals surface area contributed by atoms with E-state index in [2.05, 4.69) is 16.7 Å². The molecule has 0 saturated heterocycles. The van der Waals surface area contributed by atoms with Gasteiger partial charge in [-0.2, -0.15) is 0 Å². The highest BCUT2D eigenvalue weighted by Crippen LogP contribution is 2.03. The number of nitrogens with zero attached hydrogens (tertiary/aromatic N) is 2. The molecule has 0 radical (unpaired) electrons. The van der Waals surface area contributed by atoms with Gasteiger partial charge in [-0.05, 0) is 27.5 Å². The maximum Gasteiger partial charge on any atom is 0.0579 e. The number of aliphatic imine (C=N–C) groups is 2. The predicted molar refractivity (Wildman–Crippen MR) is 42.1 cm³/mol. The Labute approximate surface area is 56.0 Å². The van der Waals surface area contributed by atoms with Crippen LogP contribution in [0, 0.1) is 0 Å². The highest BCUT2D eigenvalue weighted by Gasteiger charge is 1.86. The highest BCUT2D eigenvalue weighted by molar-refractivity contribution is 5.55. The molecule has 0 aromatic carbocycles. The van der Waals surface area contributed by atoms with Gasteiger partial charge in [0.25, 0.3) is 0 Å². The minimum atomic E-state index is 0.883. The Balaban J connectivity index is 4.27. The molecule has 0 unspecified atom stereocenters. The van der Waals surface area contributed by atoms with Crippen LogP contribution in [0.25, 0.3) is 0 Å². The molecule has 0 atom stereocenters. The van der Waals surface area contributed by atoms with E-state index in [0.717, 1.165) is 11.4 Å². The summed E-state index contributed by atoms with van der Waals surface area (Å²) in [7, 11) is 0. The van der Waals surface area contributed by atoms with Crippen molar-refractivity contribution in [3.05, 3.63) is 11.4 Å². The third kappa shape index (κ3) is 2.80. The second-order valence-electron chi connectivity index (χ2n) is 1.72. The van der Waals surface area contributed by atoms with E-state index >= 15 is 0 Å². The first-order valence-electron chi connectivity index (χ1n) is 2.85. The summed E-state index contributed by atoms with van der Waals surface area (Å²) in [6.07, 6.45) is 1.74. The molecule has 0 aliphatic rings. The van der Waals surface area contributed by atoms with Crippen molar-refractivity contribution >= 4 is 12.9 Å². The summed E-state index contributed by atoms with van der Waals surface area (Å²) in [5, 5.41) is 0. The zero-order chi connectivity index (χ0) is 7.28. The minimum Gasteiger partial charge on any atom is -0.267 e. The van der Waals surface area contributed by atoms with Gasteiger partial charge in [0, 0.05) is 6.21 Å². The largest absolute Gasteiger partial charge is 0.267 e. The molecule has 0 heterocycles. The van der Waals surface area contributed by atoms with E-state index in [9.17, 15) is 0 Å². The molecule has 0 saturated carbocycles. The van der Waals surface area contributed by atoms with Crippen molar-refractivity contribution in [2.45, 2.75) is 20.8 Å². The lowest BCUT2D eigenvalue weighted by Gasteiger charge is -1.92. The molecule has 50 valence electrons. The summed E-state index contributed by atoms with van der Waals surface area (Å²) in [6, 6.07) is 0. The quantitative estimate of drug-likeness (QED) is 0.503. The molecule has 9 heavy (non-hydrogen) atoms. The molecule has 0 aliphatic carbocycles. The van der Waals surface area contributed by atoms with E-state index < -0.39 is 0 Å². The lowest BCUT2D eigenvalue weighted by atomic mass is 10.4. The first-order valence-corrected chi connectivity index (χ1v) is 2.85. The van der Waals surface area contributed by atoms with Gasteiger partial charge in [-0.3, -0.25) is 9.98 Å². The third-order valence-corrected chi connectivity index (χ3v) is 1.08. The normalized spacial score (nSPS) is 13.7. The van der Waals surface area contributed by atoms with Gasteiger partial charge in [-0.15, -0.1) is 0 Å². The molecule has 2 heteroatoms. The Bertz CT molecular complexity index is 154. The van der Waals surface area contributed by atoms with Gasteiger partial charge in [0.1, 0.15) is 0 Å². The molecule has 0 N–H and O–H groups in total. The van der Waals surface area contributed by atoms with E-state index in [1.807, 2.05) is 20.8 Å². The summed E-state index contributed by atoms with van der Waals surface area (Å²) < 4.78 is 0. The van der Waals surface area contributed by atoms with E-state index in [4.69, 9.17) is 0 Å². The number of allylic oxidation sites excluding steroid dienone is 2. The van der Waals surface area contributed by atoms with E-state index in [0.29, 0.717) is 0 Å². The molecule has 0 amide bonds. The van der Waals surface area contributed by atoms with E-state index in [1.165, 1.54) is 0 Å². The van der Waals surface area contributed by atoms with Gasteiger partial charge in [0.15, 0.2) is 0 Å². The second-order valence-corrected chi connectivity index (χ2v) is 1.72. The predicted octanol–water partition coefficient (Wildman–Crippen LogP) is 2.03. The topological polar surface area (TPSA) is 24.7 Å². The Morgan fingerprint density at radius 3 is 2.22 bits per heavy atom. The Morgan fingerprint density at radius 1 is 1.33 bits per heavy atom. The van der Waals surface area contributed by atoms with Gasteiger partial charge in [-0.25, -0.2) is 0 Å². The zero-order valence-corrected chi connectivity index (χ0v) is 6.18. The summed E-state index contributed by atoms with van der Waals surface area (Å²) in [6.45, 7) is 9.05. The van der Waals surface area contributed by atoms with E-state index in [1.54, 1.807) is 6.21 Å².